The van der Waals surface area contributed by atoms with Gasteiger partial charge in [-0.1, -0.05) is 11.8 Å². The van der Waals surface area contributed by atoms with E-state index in [1.807, 2.05) is 11.6 Å². The number of amides is 2. The van der Waals surface area contributed by atoms with Crippen LogP contribution in [0.3, 0.4) is 0 Å². The molecule has 0 aliphatic carbocycles. The van der Waals surface area contributed by atoms with Crippen LogP contribution in [-0.4, -0.2) is 42.1 Å². The van der Waals surface area contributed by atoms with E-state index in [1.165, 1.54) is 0 Å². The summed E-state index contributed by atoms with van der Waals surface area (Å²) in [5.41, 5.74) is 0. The maximum absolute atomic E-state index is 11.8. The van der Waals surface area contributed by atoms with Gasteiger partial charge in [0, 0.05) is 30.4 Å². The molecule has 2 heterocycles. The van der Waals surface area contributed by atoms with Gasteiger partial charge in [0.25, 0.3) is 0 Å². The van der Waals surface area contributed by atoms with Crippen LogP contribution in [0.25, 0.3) is 0 Å². The fraction of sp³-hybridized carbons (Fsp3) is 0.733. The van der Waals surface area contributed by atoms with Gasteiger partial charge >= 0.3 is 6.03 Å². The number of aromatic nitrogens is 1. The third-order valence-electron chi connectivity index (χ3n) is 3.59. The fourth-order valence-corrected chi connectivity index (χ4v) is 4.37. The number of hydrogen-bond acceptors (Lipinski definition) is 5. The van der Waals surface area contributed by atoms with E-state index in [1.54, 1.807) is 23.1 Å². The van der Waals surface area contributed by atoms with Crippen LogP contribution in [0.4, 0.5) is 4.79 Å². The topological polar surface area (TPSA) is 63.2 Å². The van der Waals surface area contributed by atoms with Crippen molar-refractivity contribution in [3.8, 4) is 0 Å². The Morgan fingerprint density at radius 3 is 2.86 bits per heavy atom. The first-order valence-electron chi connectivity index (χ1n) is 7.83. The average Bonchev–Trinajstić information content (AvgIpc) is 2.97. The molecule has 1 aliphatic rings. The van der Waals surface area contributed by atoms with Crippen molar-refractivity contribution in [2.45, 2.75) is 49.7 Å². The number of rotatable bonds is 7. The van der Waals surface area contributed by atoms with Crippen LogP contribution in [0, 0.1) is 5.92 Å². The lowest BCUT2D eigenvalue weighted by molar-refractivity contribution is -0.0511. The molecule has 2 amide bonds. The maximum Gasteiger partial charge on any atom is 0.314 e. The standard InChI is InChI=1S/C15H25N3O2S2/c1-11-8-13(9-12(2)20-11)10-18-14(19)16-4-3-6-21-15-17-5-7-22-15/h5,7,11-13H,3-4,6,8-10H2,1-2H3,(H2,16,18,19)/t11-,12-/m0/s1. The summed E-state index contributed by atoms with van der Waals surface area (Å²) < 4.78 is 6.80. The zero-order valence-electron chi connectivity index (χ0n) is 13.2. The highest BCUT2D eigenvalue weighted by Crippen LogP contribution is 2.24. The summed E-state index contributed by atoms with van der Waals surface area (Å²) in [7, 11) is 0. The van der Waals surface area contributed by atoms with Gasteiger partial charge < -0.3 is 15.4 Å². The highest BCUT2D eigenvalue weighted by atomic mass is 32.2. The number of nitrogens with zero attached hydrogens (tertiary/aromatic N) is 1. The van der Waals surface area contributed by atoms with E-state index in [0.29, 0.717) is 24.7 Å². The van der Waals surface area contributed by atoms with Crippen LogP contribution >= 0.6 is 23.1 Å². The van der Waals surface area contributed by atoms with Crippen LogP contribution in [0.1, 0.15) is 33.1 Å². The van der Waals surface area contributed by atoms with Crippen molar-refractivity contribution < 1.29 is 9.53 Å². The molecule has 22 heavy (non-hydrogen) atoms. The van der Waals surface area contributed by atoms with E-state index in [-0.39, 0.29) is 6.03 Å². The predicted molar refractivity (Wildman–Crippen MR) is 91.6 cm³/mol. The number of thiazole rings is 1. The SMILES string of the molecule is C[C@H]1CC(CNC(=O)NCCCSc2nccs2)C[C@H](C)O1. The van der Waals surface area contributed by atoms with Gasteiger partial charge in [0.15, 0.2) is 0 Å². The van der Waals surface area contributed by atoms with E-state index in [0.717, 1.165) is 35.9 Å². The number of urea groups is 1. The Labute approximate surface area is 140 Å². The number of hydrogen-bond donors (Lipinski definition) is 2. The molecular formula is C15H25N3O2S2. The van der Waals surface area contributed by atoms with E-state index in [9.17, 15) is 4.79 Å². The molecule has 1 aromatic heterocycles. The highest BCUT2D eigenvalue weighted by Gasteiger charge is 2.24. The van der Waals surface area contributed by atoms with Crippen molar-refractivity contribution in [3.05, 3.63) is 11.6 Å². The Hall–Kier alpha value is -0.790. The molecule has 0 spiro atoms. The van der Waals surface area contributed by atoms with E-state index >= 15 is 0 Å². The minimum atomic E-state index is -0.0638. The molecule has 0 radical (unpaired) electrons. The number of carbonyl (C=O) groups excluding carboxylic acids is 1. The Morgan fingerprint density at radius 2 is 2.18 bits per heavy atom. The molecule has 124 valence electrons. The van der Waals surface area contributed by atoms with Crippen molar-refractivity contribution in [3.63, 3.8) is 0 Å². The van der Waals surface area contributed by atoms with Gasteiger partial charge in [-0.3, -0.25) is 0 Å². The monoisotopic (exact) mass is 343 g/mol. The molecule has 1 aromatic rings. The Bertz CT molecular complexity index is 432. The van der Waals surface area contributed by atoms with Gasteiger partial charge in [-0.05, 0) is 39.0 Å². The molecule has 0 unspecified atom stereocenters. The van der Waals surface area contributed by atoms with Gasteiger partial charge in [-0.2, -0.15) is 0 Å². The lowest BCUT2D eigenvalue weighted by atomic mass is 9.92. The molecule has 1 fully saturated rings. The summed E-state index contributed by atoms with van der Waals surface area (Å²) >= 11 is 3.39. The van der Waals surface area contributed by atoms with Gasteiger partial charge in [0.2, 0.25) is 0 Å². The molecule has 2 N–H and O–H groups in total. The van der Waals surface area contributed by atoms with E-state index in [4.69, 9.17) is 4.74 Å². The first-order valence-corrected chi connectivity index (χ1v) is 9.69. The lowest BCUT2D eigenvalue weighted by Gasteiger charge is -2.32. The van der Waals surface area contributed by atoms with Crippen LogP contribution in [0.15, 0.2) is 15.9 Å². The van der Waals surface area contributed by atoms with E-state index in [2.05, 4.69) is 29.5 Å². The van der Waals surface area contributed by atoms with Crippen molar-refractivity contribution in [1.29, 1.82) is 0 Å². The third kappa shape index (κ3) is 6.54. The third-order valence-corrected chi connectivity index (χ3v) is 5.64. The van der Waals surface area contributed by atoms with Crippen LogP contribution in [0.5, 0.6) is 0 Å². The fourth-order valence-electron chi connectivity index (χ4n) is 2.72. The summed E-state index contributed by atoms with van der Waals surface area (Å²) in [5, 5.41) is 7.87. The Morgan fingerprint density at radius 1 is 1.41 bits per heavy atom. The first kappa shape index (κ1) is 17.6. The molecule has 2 atom stereocenters. The van der Waals surface area contributed by atoms with Crippen molar-refractivity contribution in [2.24, 2.45) is 5.92 Å². The minimum Gasteiger partial charge on any atom is -0.376 e. The second kappa shape index (κ2) is 9.37. The van der Waals surface area contributed by atoms with Crippen LogP contribution in [-0.2, 0) is 4.74 Å². The molecule has 0 bridgehead atoms. The maximum atomic E-state index is 11.8. The van der Waals surface area contributed by atoms with Gasteiger partial charge in [-0.15, -0.1) is 11.3 Å². The summed E-state index contributed by atoms with van der Waals surface area (Å²) in [6.45, 7) is 5.63. The molecule has 7 heteroatoms. The molecule has 0 saturated carbocycles. The zero-order chi connectivity index (χ0) is 15.8. The quantitative estimate of drug-likeness (QED) is 0.590. The van der Waals surface area contributed by atoms with Gasteiger partial charge in [0.05, 0.1) is 12.2 Å². The molecule has 5 nitrogen and oxygen atoms in total. The van der Waals surface area contributed by atoms with Crippen molar-refractivity contribution in [1.82, 2.24) is 15.6 Å². The highest BCUT2D eigenvalue weighted by molar-refractivity contribution is 8.00. The smallest absolute Gasteiger partial charge is 0.314 e. The van der Waals surface area contributed by atoms with Gasteiger partial charge in [0.1, 0.15) is 4.34 Å². The van der Waals surface area contributed by atoms with Gasteiger partial charge in [-0.25, -0.2) is 9.78 Å². The summed E-state index contributed by atoms with van der Waals surface area (Å²) in [5.74, 6) is 1.49. The van der Waals surface area contributed by atoms with Crippen molar-refractivity contribution in [2.75, 3.05) is 18.8 Å². The molecule has 1 saturated heterocycles. The zero-order valence-corrected chi connectivity index (χ0v) is 14.8. The van der Waals surface area contributed by atoms with Crippen LogP contribution in [0.2, 0.25) is 0 Å². The Kier molecular flexibility index (Phi) is 7.48. The molecule has 2 rings (SSSR count). The molecular weight excluding hydrogens is 318 g/mol. The summed E-state index contributed by atoms with van der Waals surface area (Å²) in [6.07, 6.45) is 5.40. The molecule has 0 aromatic carbocycles. The Balaban J connectivity index is 1.50. The molecule has 1 aliphatic heterocycles. The van der Waals surface area contributed by atoms with Crippen LogP contribution < -0.4 is 10.6 Å². The largest absolute Gasteiger partial charge is 0.376 e. The number of ether oxygens (including phenoxy) is 1. The van der Waals surface area contributed by atoms with Crippen molar-refractivity contribution >= 4 is 29.1 Å². The summed E-state index contributed by atoms with van der Waals surface area (Å²) in [4.78, 5) is 16.0. The number of thioether (sulfide) groups is 1. The van der Waals surface area contributed by atoms with E-state index < -0.39 is 0 Å². The summed E-state index contributed by atoms with van der Waals surface area (Å²) in [6, 6.07) is -0.0638. The second-order valence-corrected chi connectivity index (χ2v) is 7.97. The predicted octanol–water partition coefficient (Wildman–Crippen LogP) is 3.13. The second-order valence-electron chi connectivity index (χ2n) is 5.73. The first-order chi connectivity index (χ1) is 10.6. The minimum absolute atomic E-state index is 0.0638. The normalized spacial score (nSPS) is 24.9. The average molecular weight is 344 g/mol. The number of nitrogens with one attached hydrogen (secondary N) is 2. The number of carbonyl (C=O) groups is 1. The lowest BCUT2D eigenvalue weighted by Crippen LogP contribution is -2.41.